The zero-order valence-electron chi connectivity index (χ0n) is 19.0. The predicted octanol–water partition coefficient (Wildman–Crippen LogP) is 4.18. The second-order valence-electron chi connectivity index (χ2n) is 9.26. The fourth-order valence-electron chi connectivity index (χ4n) is 5.09. The minimum absolute atomic E-state index is 0.113. The Morgan fingerprint density at radius 2 is 1.88 bits per heavy atom. The number of carbonyl (C=O) groups is 2. The number of carbonyl (C=O) groups excluding carboxylic acids is 2. The number of hydrogen-bond acceptors (Lipinski definition) is 4. The number of benzene rings is 1. The standard InChI is InChI=1S/C26H32FN3O2/c1-18-16-29(11-12-30(18)26(32)20-7-3-4-8-20)17-22-14-23(27)13-21(19(22)2)15-25(31)24-9-5-6-10-28-24/h5-6,9-10,13-14,18,20H,3-4,7-8,11-12,15-17H2,1-2H3/t18-/m0/s1. The summed E-state index contributed by atoms with van der Waals surface area (Å²) in [7, 11) is 0. The Morgan fingerprint density at radius 1 is 1.12 bits per heavy atom. The first-order valence-electron chi connectivity index (χ1n) is 11.7. The number of amides is 1. The fraction of sp³-hybridized carbons (Fsp3) is 0.500. The van der Waals surface area contributed by atoms with Crippen LogP contribution in [0, 0.1) is 18.7 Å². The van der Waals surface area contributed by atoms with Crippen LogP contribution in [0.4, 0.5) is 4.39 Å². The molecule has 2 aliphatic rings. The van der Waals surface area contributed by atoms with Crippen LogP contribution in [-0.4, -0.2) is 52.2 Å². The normalized spacial score (nSPS) is 20.0. The Bertz CT molecular complexity index is 973. The number of Topliss-reactive ketones (excluding diaryl/α,β-unsaturated/α-hetero) is 1. The molecule has 170 valence electrons. The molecule has 1 amide bonds. The molecule has 4 rings (SSSR count). The van der Waals surface area contributed by atoms with Gasteiger partial charge >= 0.3 is 0 Å². The highest BCUT2D eigenvalue weighted by molar-refractivity contribution is 5.95. The number of aromatic nitrogens is 1. The summed E-state index contributed by atoms with van der Waals surface area (Å²) >= 11 is 0. The molecule has 0 spiro atoms. The summed E-state index contributed by atoms with van der Waals surface area (Å²) in [5, 5.41) is 0. The maximum absolute atomic E-state index is 14.4. The van der Waals surface area contributed by atoms with Gasteiger partial charge in [0.2, 0.25) is 5.91 Å². The molecule has 1 atom stereocenters. The van der Waals surface area contributed by atoms with Gasteiger partial charge in [0.05, 0.1) is 0 Å². The third-order valence-corrected chi connectivity index (χ3v) is 6.98. The second kappa shape index (κ2) is 9.90. The molecule has 2 heterocycles. The molecule has 0 unspecified atom stereocenters. The lowest BCUT2D eigenvalue weighted by Crippen LogP contribution is -2.54. The number of halogens is 1. The quantitative estimate of drug-likeness (QED) is 0.637. The molecule has 1 aliphatic heterocycles. The lowest BCUT2D eigenvalue weighted by Gasteiger charge is -2.41. The smallest absolute Gasteiger partial charge is 0.226 e. The predicted molar refractivity (Wildman–Crippen MR) is 122 cm³/mol. The van der Waals surface area contributed by atoms with E-state index in [9.17, 15) is 14.0 Å². The molecule has 2 aromatic rings. The molecule has 1 aromatic heterocycles. The Hall–Kier alpha value is -2.60. The maximum atomic E-state index is 14.4. The molecule has 5 nitrogen and oxygen atoms in total. The Balaban J connectivity index is 1.42. The van der Waals surface area contributed by atoms with Gasteiger partial charge in [-0.15, -0.1) is 0 Å². The average molecular weight is 438 g/mol. The molecule has 6 heteroatoms. The van der Waals surface area contributed by atoms with Crippen LogP contribution in [0.5, 0.6) is 0 Å². The third-order valence-electron chi connectivity index (χ3n) is 6.98. The van der Waals surface area contributed by atoms with Crippen LogP contribution in [0.15, 0.2) is 36.5 Å². The topological polar surface area (TPSA) is 53.5 Å². The van der Waals surface area contributed by atoms with Crippen LogP contribution < -0.4 is 0 Å². The van der Waals surface area contributed by atoms with E-state index >= 15 is 0 Å². The van der Waals surface area contributed by atoms with Crippen molar-refractivity contribution >= 4 is 11.7 Å². The molecule has 0 N–H and O–H groups in total. The highest BCUT2D eigenvalue weighted by atomic mass is 19.1. The van der Waals surface area contributed by atoms with E-state index in [0.717, 1.165) is 56.4 Å². The molecule has 2 fully saturated rings. The Labute approximate surface area is 189 Å². The van der Waals surface area contributed by atoms with E-state index in [2.05, 4.69) is 16.8 Å². The number of nitrogens with zero attached hydrogens (tertiary/aromatic N) is 3. The zero-order chi connectivity index (χ0) is 22.7. The van der Waals surface area contributed by atoms with E-state index in [0.29, 0.717) is 23.7 Å². The lowest BCUT2D eigenvalue weighted by atomic mass is 9.96. The molecule has 1 saturated heterocycles. The van der Waals surface area contributed by atoms with Crippen molar-refractivity contribution in [3.05, 3.63) is 64.7 Å². The van der Waals surface area contributed by atoms with Gasteiger partial charge in [-0.3, -0.25) is 19.5 Å². The fourth-order valence-corrected chi connectivity index (χ4v) is 5.09. The van der Waals surface area contributed by atoms with Crippen LogP contribution in [0.3, 0.4) is 0 Å². The highest BCUT2D eigenvalue weighted by Crippen LogP contribution is 2.28. The van der Waals surface area contributed by atoms with Gasteiger partial charge in [0.25, 0.3) is 0 Å². The Kier molecular flexibility index (Phi) is 6.99. The van der Waals surface area contributed by atoms with Crippen molar-refractivity contribution < 1.29 is 14.0 Å². The van der Waals surface area contributed by atoms with Crippen molar-refractivity contribution in [3.63, 3.8) is 0 Å². The Morgan fingerprint density at radius 3 is 2.56 bits per heavy atom. The molecule has 0 radical (unpaired) electrons. The summed E-state index contributed by atoms with van der Waals surface area (Å²) in [6.45, 7) is 6.95. The molecule has 32 heavy (non-hydrogen) atoms. The number of rotatable bonds is 6. The lowest BCUT2D eigenvalue weighted by molar-refractivity contribution is -0.140. The summed E-state index contributed by atoms with van der Waals surface area (Å²) in [6.07, 6.45) is 6.09. The average Bonchev–Trinajstić information content (AvgIpc) is 3.32. The summed E-state index contributed by atoms with van der Waals surface area (Å²) in [5.41, 5.74) is 2.96. The van der Waals surface area contributed by atoms with Gasteiger partial charge in [-0.05, 0) is 67.6 Å². The van der Waals surface area contributed by atoms with E-state index in [1.165, 1.54) is 6.07 Å². The first-order chi connectivity index (χ1) is 15.4. The van der Waals surface area contributed by atoms with Crippen LogP contribution >= 0.6 is 0 Å². The zero-order valence-corrected chi connectivity index (χ0v) is 19.0. The molecular weight excluding hydrogens is 405 g/mol. The van der Waals surface area contributed by atoms with Crippen molar-refractivity contribution in [2.75, 3.05) is 19.6 Å². The minimum Gasteiger partial charge on any atom is -0.337 e. The van der Waals surface area contributed by atoms with Gasteiger partial charge in [-0.25, -0.2) is 4.39 Å². The summed E-state index contributed by atoms with van der Waals surface area (Å²) in [5.74, 6) is 0.0796. The van der Waals surface area contributed by atoms with E-state index in [4.69, 9.17) is 0 Å². The summed E-state index contributed by atoms with van der Waals surface area (Å²) in [6, 6.07) is 8.42. The number of piperazine rings is 1. The SMILES string of the molecule is Cc1c(CC(=O)c2ccccn2)cc(F)cc1CN1CCN(C(=O)C2CCCC2)[C@@H](C)C1. The largest absolute Gasteiger partial charge is 0.337 e. The van der Waals surface area contributed by atoms with Crippen molar-refractivity contribution in [2.45, 2.75) is 58.5 Å². The van der Waals surface area contributed by atoms with Crippen LogP contribution in [0.1, 0.15) is 59.8 Å². The highest BCUT2D eigenvalue weighted by Gasteiger charge is 2.33. The molecule has 0 bridgehead atoms. The maximum Gasteiger partial charge on any atom is 0.226 e. The van der Waals surface area contributed by atoms with Gasteiger partial charge in [0.15, 0.2) is 5.78 Å². The van der Waals surface area contributed by atoms with E-state index in [1.54, 1.807) is 30.5 Å². The first kappa shape index (κ1) is 22.6. The van der Waals surface area contributed by atoms with Gasteiger partial charge in [-0.2, -0.15) is 0 Å². The minimum atomic E-state index is -0.322. The molecule has 1 aromatic carbocycles. The van der Waals surface area contributed by atoms with E-state index < -0.39 is 0 Å². The van der Waals surface area contributed by atoms with Crippen molar-refractivity contribution in [2.24, 2.45) is 5.92 Å². The van der Waals surface area contributed by atoms with Crippen LogP contribution in [0.25, 0.3) is 0 Å². The second-order valence-corrected chi connectivity index (χ2v) is 9.26. The van der Waals surface area contributed by atoms with Crippen molar-refractivity contribution in [3.8, 4) is 0 Å². The summed E-state index contributed by atoms with van der Waals surface area (Å²) < 4.78 is 14.4. The van der Waals surface area contributed by atoms with Crippen molar-refractivity contribution in [1.29, 1.82) is 0 Å². The van der Waals surface area contributed by atoms with E-state index in [-0.39, 0.29) is 30.0 Å². The van der Waals surface area contributed by atoms with Crippen LogP contribution in [-0.2, 0) is 17.8 Å². The van der Waals surface area contributed by atoms with Gasteiger partial charge < -0.3 is 4.90 Å². The first-order valence-corrected chi connectivity index (χ1v) is 11.7. The monoisotopic (exact) mass is 437 g/mol. The third kappa shape index (κ3) is 5.07. The molecule has 1 aliphatic carbocycles. The van der Waals surface area contributed by atoms with E-state index in [1.807, 2.05) is 11.8 Å². The van der Waals surface area contributed by atoms with Gasteiger partial charge in [-0.1, -0.05) is 18.9 Å². The molecular formula is C26H32FN3O2. The number of pyridine rings is 1. The summed E-state index contributed by atoms with van der Waals surface area (Å²) in [4.78, 5) is 33.9. The molecule has 1 saturated carbocycles. The number of ketones is 1. The van der Waals surface area contributed by atoms with Gasteiger partial charge in [0, 0.05) is 50.8 Å². The van der Waals surface area contributed by atoms with Crippen molar-refractivity contribution in [1.82, 2.24) is 14.8 Å². The van der Waals surface area contributed by atoms with Crippen LogP contribution in [0.2, 0.25) is 0 Å². The number of hydrogen-bond donors (Lipinski definition) is 0. The van der Waals surface area contributed by atoms with Gasteiger partial charge in [0.1, 0.15) is 11.5 Å².